The maximum absolute atomic E-state index is 12.3. The second-order valence-corrected chi connectivity index (χ2v) is 13.4. The van der Waals surface area contributed by atoms with Gasteiger partial charge in [0.15, 0.2) is 6.10 Å². The third kappa shape index (κ3) is 36.7. The largest absolute Gasteiger partial charge is 0.469 e. The second kappa shape index (κ2) is 33.9. The molecule has 0 fully saturated rings. The van der Waals surface area contributed by atoms with Crippen molar-refractivity contribution in [3.05, 3.63) is 48.6 Å². The van der Waals surface area contributed by atoms with Crippen molar-refractivity contribution >= 4 is 19.8 Å². The van der Waals surface area contributed by atoms with Gasteiger partial charge < -0.3 is 19.3 Å². The van der Waals surface area contributed by atoms with E-state index >= 15 is 0 Å². The first-order valence-electron chi connectivity index (χ1n) is 18.4. The highest BCUT2D eigenvalue weighted by atomic mass is 31.2. The van der Waals surface area contributed by atoms with Gasteiger partial charge in [-0.1, -0.05) is 120 Å². The summed E-state index contributed by atoms with van der Waals surface area (Å²) >= 11 is 0. The summed E-state index contributed by atoms with van der Waals surface area (Å²) in [5.74, 6) is -0.925. The summed E-state index contributed by atoms with van der Waals surface area (Å²) in [6.45, 7) is 3.58. The smallest absolute Gasteiger partial charge is 0.462 e. The van der Waals surface area contributed by atoms with Crippen LogP contribution in [0.5, 0.6) is 0 Å². The molecule has 8 nitrogen and oxygen atoms in total. The SMILES string of the molecule is CCCCC/C=C/C/C=C/C/C=C/CCCCCCC(=O)O[C@H](COC(=O)CCCCCCC/C=C/CCCCC)COP(=O)(O)O. The van der Waals surface area contributed by atoms with Gasteiger partial charge in [-0.15, -0.1) is 0 Å². The van der Waals surface area contributed by atoms with E-state index in [-0.39, 0.29) is 19.4 Å². The lowest BCUT2D eigenvalue weighted by molar-refractivity contribution is -0.161. The van der Waals surface area contributed by atoms with Gasteiger partial charge in [0.1, 0.15) is 6.61 Å². The van der Waals surface area contributed by atoms with Crippen LogP contribution in [-0.2, 0) is 28.2 Å². The Morgan fingerprint density at radius 2 is 0.957 bits per heavy atom. The van der Waals surface area contributed by atoms with Crippen LogP contribution in [0, 0.1) is 0 Å². The van der Waals surface area contributed by atoms with Crippen LogP contribution in [0.25, 0.3) is 0 Å². The molecule has 0 rings (SSSR count). The second-order valence-electron chi connectivity index (χ2n) is 12.2. The molecule has 0 bridgehead atoms. The third-order valence-corrected chi connectivity index (χ3v) is 8.06. The fourth-order valence-corrected chi connectivity index (χ4v) is 5.14. The minimum absolute atomic E-state index is 0.183. The highest BCUT2D eigenvalue weighted by Gasteiger charge is 2.22. The van der Waals surface area contributed by atoms with E-state index in [1.807, 2.05) is 0 Å². The topological polar surface area (TPSA) is 119 Å². The number of ether oxygens (including phenoxy) is 2. The van der Waals surface area contributed by atoms with Gasteiger partial charge in [-0.05, 0) is 77.0 Å². The normalized spacial score (nSPS) is 13.0. The van der Waals surface area contributed by atoms with Crippen molar-refractivity contribution in [2.45, 2.75) is 168 Å². The van der Waals surface area contributed by atoms with Crippen molar-refractivity contribution in [1.29, 1.82) is 0 Å². The molecule has 0 aromatic carbocycles. The molecule has 0 aliphatic heterocycles. The number of esters is 2. The standard InChI is InChI=1S/C38H67O8P/c1-3-5-7-9-11-13-15-17-18-19-20-21-23-25-27-29-31-33-38(40)46-36(35-45-47(41,42)43)34-44-37(39)32-30-28-26-24-22-16-14-12-10-8-6-4-2/h11-14,17-18,20-21,36H,3-10,15-16,19,22-35H2,1-2H3,(H2,41,42,43)/b13-11+,14-12+,18-17+,21-20+/t36-/m1/s1. The summed E-state index contributed by atoms with van der Waals surface area (Å²) in [5.41, 5.74) is 0. The summed E-state index contributed by atoms with van der Waals surface area (Å²) in [6.07, 6.45) is 39.7. The predicted molar refractivity (Wildman–Crippen MR) is 193 cm³/mol. The molecule has 0 spiro atoms. The fourth-order valence-electron chi connectivity index (χ4n) is 4.78. The highest BCUT2D eigenvalue weighted by Crippen LogP contribution is 2.36. The molecule has 2 N–H and O–H groups in total. The molecule has 0 aromatic heterocycles. The van der Waals surface area contributed by atoms with Gasteiger partial charge in [0.25, 0.3) is 0 Å². The summed E-state index contributed by atoms with van der Waals surface area (Å²) in [5, 5.41) is 0. The molecule has 47 heavy (non-hydrogen) atoms. The Bertz CT molecular complexity index is 905. The van der Waals surface area contributed by atoms with E-state index in [0.717, 1.165) is 77.0 Å². The quantitative estimate of drug-likeness (QED) is 0.0304. The Hall–Kier alpha value is -1.99. The van der Waals surface area contributed by atoms with Crippen LogP contribution in [0.15, 0.2) is 48.6 Å². The zero-order chi connectivity index (χ0) is 34.7. The van der Waals surface area contributed by atoms with E-state index in [2.05, 4.69) is 67.0 Å². The van der Waals surface area contributed by atoms with Crippen molar-refractivity contribution in [3.63, 3.8) is 0 Å². The molecule has 0 radical (unpaired) electrons. The van der Waals surface area contributed by atoms with Gasteiger partial charge in [-0.3, -0.25) is 14.1 Å². The van der Waals surface area contributed by atoms with E-state index in [9.17, 15) is 14.2 Å². The van der Waals surface area contributed by atoms with Gasteiger partial charge in [0, 0.05) is 12.8 Å². The van der Waals surface area contributed by atoms with E-state index in [4.69, 9.17) is 19.3 Å². The maximum atomic E-state index is 12.3. The molecule has 0 saturated heterocycles. The van der Waals surface area contributed by atoms with Crippen molar-refractivity contribution in [2.75, 3.05) is 13.2 Å². The lowest BCUT2D eigenvalue weighted by atomic mass is 10.1. The van der Waals surface area contributed by atoms with Crippen LogP contribution in [0.2, 0.25) is 0 Å². The molecule has 0 heterocycles. The molecule has 0 aliphatic carbocycles. The summed E-state index contributed by atoms with van der Waals surface area (Å²) in [6, 6.07) is 0. The molecule has 1 atom stereocenters. The average Bonchev–Trinajstić information content (AvgIpc) is 3.04. The molecule has 0 aromatic rings. The first-order valence-corrected chi connectivity index (χ1v) is 20.0. The van der Waals surface area contributed by atoms with Crippen LogP contribution in [-0.4, -0.2) is 41.0 Å². The van der Waals surface area contributed by atoms with E-state index in [1.54, 1.807) is 0 Å². The minimum Gasteiger partial charge on any atom is -0.462 e. The predicted octanol–water partition coefficient (Wildman–Crippen LogP) is 10.8. The monoisotopic (exact) mass is 682 g/mol. The number of carbonyl (C=O) groups is 2. The maximum Gasteiger partial charge on any atom is 0.469 e. The number of phosphoric acid groups is 1. The van der Waals surface area contributed by atoms with Crippen molar-refractivity contribution < 1.29 is 37.9 Å². The molecule has 0 unspecified atom stereocenters. The van der Waals surface area contributed by atoms with Gasteiger partial charge in [-0.2, -0.15) is 0 Å². The number of hydrogen-bond acceptors (Lipinski definition) is 6. The summed E-state index contributed by atoms with van der Waals surface area (Å²) in [7, 11) is -4.76. The van der Waals surface area contributed by atoms with Crippen molar-refractivity contribution in [3.8, 4) is 0 Å². The van der Waals surface area contributed by atoms with Gasteiger partial charge in [0.05, 0.1) is 6.61 Å². The van der Waals surface area contributed by atoms with Crippen LogP contribution in [0.4, 0.5) is 0 Å². The lowest BCUT2D eigenvalue weighted by Crippen LogP contribution is -2.29. The number of unbranched alkanes of at least 4 members (excludes halogenated alkanes) is 15. The highest BCUT2D eigenvalue weighted by molar-refractivity contribution is 7.46. The van der Waals surface area contributed by atoms with E-state index in [0.29, 0.717) is 12.8 Å². The minimum atomic E-state index is -4.76. The molecule has 0 aliphatic rings. The molecule has 9 heteroatoms. The Kier molecular flexibility index (Phi) is 32.5. The Morgan fingerprint density at radius 3 is 1.45 bits per heavy atom. The fraction of sp³-hybridized carbons (Fsp3) is 0.737. The van der Waals surface area contributed by atoms with Crippen molar-refractivity contribution in [1.82, 2.24) is 0 Å². The van der Waals surface area contributed by atoms with E-state index in [1.165, 1.54) is 44.9 Å². The first-order chi connectivity index (χ1) is 22.8. The van der Waals surface area contributed by atoms with Crippen molar-refractivity contribution in [2.24, 2.45) is 0 Å². The molecule has 0 saturated carbocycles. The Labute approximate surface area is 286 Å². The zero-order valence-electron chi connectivity index (χ0n) is 29.7. The van der Waals surface area contributed by atoms with Gasteiger partial charge >= 0.3 is 19.8 Å². The number of allylic oxidation sites excluding steroid dienone is 8. The van der Waals surface area contributed by atoms with Crippen LogP contribution in [0.1, 0.15) is 162 Å². The molecular weight excluding hydrogens is 615 g/mol. The lowest BCUT2D eigenvalue weighted by Gasteiger charge is -2.18. The first kappa shape index (κ1) is 45.0. The van der Waals surface area contributed by atoms with Crippen LogP contribution < -0.4 is 0 Å². The number of rotatable bonds is 33. The number of carbonyl (C=O) groups excluding carboxylic acids is 2. The number of hydrogen-bond donors (Lipinski definition) is 2. The van der Waals surface area contributed by atoms with Gasteiger partial charge in [0.2, 0.25) is 0 Å². The van der Waals surface area contributed by atoms with Crippen LogP contribution in [0.3, 0.4) is 0 Å². The third-order valence-electron chi connectivity index (χ3n) is 7.57. The van der Waals surface area contributed by atoms with E-state index < -0.39 is 32.5 Å². The Morgan fingerprint density at radius 1 is 0.553 bits per heavy atom. The molecule has 272 valence electrons. The van der Waals surface area contributed by atoms with Crippen LogP contribution >= 0.6 is 7.82 Å². The summed E-state index contributed by atoms with van der Waals surface area (Å²) < 4.78 is 26.2. The summed E-state index contributed by atoms with van der Waals surface area (Å²) in [4.78, 5) is 42.6. The molecular formula is C38H67O8P. The van der Waals surface area contributed by atoms with Gasteiger partial charge in [-0.25, -0.2) is 4.57 Å². The number of phosphoric ester groups is 1. The average molecular weight is 683 g/mol. The molecule has 0 amide bonds. The Balaban J connectivity index is 4.05. The zero-order valence-corrected chi connectivity index (χ0v) is 30.6.